The molecule has 7 heteroatoms. The predicted octanol–water partition coefficient (Wildman–Crippen LogP) is -2.21. The summed E-state index contributed by atoms with van der Waals surface area (Å²) < 4.78 is 22.3. The minimum absolute atomic E-state index is 0.634. The zero-order valence-electron chi connectivity index (χ0n) is 5.33. The Hall–Kier alpha value is -0.660. The molecule has 0 aliphatic rings. The summed E-state index contributed by atoms with van der Waals surface area (Å²) in [7, 11) is -3.49. The molecule has 10 heavy (non-hydrogen) atoms. The van der Waals surface area contributed by atoms with E-state index >= 15 is 0 Å². The van der Waals surface area contributed by atoms with Gasteiger partial charge in [-0.25, -0.2) is 8.42 Å². The molecule has 0 saturated heterocycles. The lowest BCUT2D eigenvalue weighted by molar-refractivity contribution is 0.228. The molecule has 0 rings (SSSR count). The van der Waals surface area contributed by atoms with Crippen molar-refractivity contribution in [1.29, 1.82) is 5.41 Å². The third-order valence-electron chi connectivity index (χ3n) is 0.620. The van der Waals surface area contributed by atoms with E-state index in [1.54, 1.807) is 4.72 Å². The second-order valence-corrected chi connectivity index (χ2v) is 3.53. The van der Waals surface area contributed by atoms with Crippen LogP contribution in [0.25, 0.3) is 0 Å². The van der Waals surface area contributed by atoms with Gasteiger partial charge in [-0.05, 0) is 0 Å². The Morgan fingerprint density at radius 1 is 1.80 bits per heavy atom. The molecule has 1 atom stereocenters. The summed E-state index contributed by atoms with van der Waals surface area (Å²) in [4.78, 5) is 0. The van der Waals surface area contributed by atoms with Gasteiger partial charge in [-0.1, -0.05) is 0 Å². The van der Waals surface area contributed by atoms with E-state index in [4.69, 9.17) is 16.2 Å². The molecular formula is C3H9N3O3S. The monoisotopic (exact) mass is 167 g/mol. The maximum Gasteiger partial charge on any atom is 0.211 e. The summed E-state index contributed by atoms with van der Waals surface area (Å²) in [6.45, 7) is 0. The third kappa shape index (κ3) is 4.24. The van der Waals surface area contributed by atoms with E-state index < -0.39 is 22.1 Å². The molecule has 5 N–H and O–H groups in total. The molecule has 0 aliphatic carbocycles. The van der Waals surface area contributed by atoms with Crippen LogP contribution in [0.2, 0.25) is 0 Å². The molecule has 0 aromatic carbocycles. The molecule has 6 nitrogen and oxygen atoms in total. The molecule has 0 radical (unpaired) electrons. The number of hydrogen-bond donors (Lipinski definition) is 4. The number of sulfonamides is 1. The summed E-state index contributed by atoms with van der Waals surface area (Å²) in [6, 6.07) is 0. The van der Waals surface area contributed by atoms with Gasteiger partial charge in [0, 0.05) is 0 Å². The highest BCUT2D eigenvalue weighted by Gasteiger charge is 2.11. The molecular weight excluding hydrogens is 158 g/mol. The number of aliphatic hydroxyl groups is 1. The van der Waals surface area contributed by atoms with Crippen LogP contribution in [-0.2, 0) is 10.0 Å². The van der Waals surface area contributed by atoms with E-state index in [1.165, 1.54) is 0 Å². The van der Waals surface area contributed by atoms with Gasteiger partial charge in [0.1, 0.15) is 5.84 Å². The first-order chi connectivity index (χ1) is 4.33. The lowest BCUT2D eigenvalue weighted by atomic mass is 10.6. The van der Waals surface area contributed by atoms with Gasteiger partial charge in [0.05, 0.1) is 6.26 Å². The van der Waals surface area contributed by atoms with Crippen LogP contribution in [0.3, 0.4) is 0 Å². The second-order valence-electron chi connectivity index (χ2n) is 1.75. The molecule has 0 aromatic heterocycles. The number of aliphatic hydroxyl groups excluding tert-OH is 1. The van der Waals surface area contributed by atoms with Gasteiger partial charge in [0.2, 0.25) is 10.0 Å². The topological polar surface area (TPSA) is 116 Å². The van der Waals surface area contributed by atoms with Crippen molar-refractivity contribution in [2.45, 2.75) is 6.23 Å². The molecule has 1 unspecified atom stereocenters. The fourth-order valence-corrected chi connectivity index (χ4v) is 0.799. The molecule has 0 spiro atoms. The molecule has 0 saturated carbocycles. The van der Waals surface area contributed by atoms with Crippen LogP contribution in [0.15, 0.2) is 0 Å². The number of rotatable bonds is 3. The van der Waals surface area contributed by atoms with Crippen LogP contribution in [0.5, 0.6) is 0 Å². The Kier molecular flexibility index (Phi) is 2.76. The molecule has 0 fully saturated rings. The molecule has 0 aromatic rings. The smallest absolute Gasteiger partial charge is 0.211 e. The Bertz CT molecular complexity index is 221. The van der Waals surface area contributed by atoms with Crippen LogP contribution < -0.4 is 10.5 Å². The van der Waals surface area contributed by atoms with Gasteiger partial charge in [-0.3, -0.25) is 5.41 Å². The Labute approximate surface area is 58.6 Å². The van der Waals surface area contributed by atoms with Crippen molar-refractivity contribution in [3.8, 4) is 0 Å². The molecule has 60 valence electrons. The fraction of sp³-hybridized carbons (Fsp3) is 0.667. The van der Waals surface area contributed by atoms with Crippen molar-refractivity contribution in [2.24, 2.45) is 5.73 Å². The second kappa shape index (κ2) is 2.95. The van der Waals surface area contributed by atoms with Crippen LogP contribution >= 0.6 is 0 Å². The van der Waals surface area contributed by atoms with Gasteiger partial charge in [0.25, 0.3) is 0 Å². The maximum absolute atomic E-state index is 10.3. The van der Waals surface area contributed by atoms with Crippen LogP contribution in [0, 0.1) is 5.41 Å². The Balaban J connectivity index is 4.06. The third-order valence-corrected chi connectivity index (χ3v) is 1.27. The zero-order chi connectivity index (χ0) is 8.36. The molecule has 0 heterocycles. The Morgan fingerprint density at radius 2 is 2.20 bits per heavy atom. The van der Waals surface area contributed by atoms with Crippen molar-refractivity contribution in [2.75, 3.05) is 6.26 Å². The summed E-state index contributed by atoms with van der Waals surface area (Å²) in [6.07, 6.45) is -0.755. The minimum Gasteiger partial charge on any atom is -0.384 e. The molecule has 0 bridgehead atoms. The predicted molar refractivity (Wildman–Crippen MR) is 35.9 cm³/mol. The standard InChI is InChI=1S/C3H9N3O3S/c1-10(8,9)6-3(7)2(4)5/h3,6-7H,1H3,(H3,4,5). The minimum atomic E-state index is -3.49. The quantitative estimate of drug-likeness (QED) is 0.216. The van der Waals surface area contributed by atoms with Crippen molar-refractivity contribution < 1.29 is 13.5 Å². The normalized spacial score (nSPS) is 14.6. The summed E-state index contributed by atoms with van der Waals surface area (Å²) >= 11 is 0. The number of amidine groups is 1. The highest BCUT2D eigenvalue weighted by Crippen LogP contribution is 1.79. The summed E-state index contributed by atoms with van der Waals surface area (Å²) in [5.41, 5.74) is 4.75. The lowest BCUT2D eigenvalue weighted by Gasteiger charge is -2.07. The van der Waals surface area contributed by atoms with E-state index in [0.717, 1.165) is 6.26 Å². The van der Waals surface area contributed by atoms with E-state index in [1.807, 2.05) is 0 Å². The van der Waals surface area contributed by atoms with Crippen molar-refractivity contribution in [3.63, 3.8) is 0 Å². The van der Waals surface area contributed by atoms with Gasteiger partial charge >= 0.3 is 0 Å². The van der Waals surface area contributed by atoms with Gasteiger partial charge < -0.3 is 10.8 Å². The van der Waals surface area contributed by atoms with Gasteiger partial charge in [-0.2, -0.15) is 4.72 Å². The summed E-state index contributed by atoms with van der Waals surface area (Å²) in [5, 5.41) is 15.2. The van der Waals surface area contributed by atoms with E-state index in [-0.39, 0.29) is 0 Å². The van der Waals surface area contributed by atoms with Crippen LogP contribution in [-0.4, -0.2) is 31.8 Å². The SMILES string of the molecule is CS(=O)(=O)NC(O)C(=N)N. The fourth-order valence-electron chi connectivity index (χ4n) is 0.266. The lowest BCUT2D eigenvalue weighted by Crippen LogP contribution is -2.43. The van der Waals surface area contributed by atoms with E-state index in [2.05, 4.69) is 0 Å². The molecule has 0 amide bonds. The highest BCUT2D eigenvalue weighted by atomic mass is 32.2. The van der Waals surface area contributed by atoms with Gasteiger partial charge in [-0.15, -0.1) is 0 Å². The average Bonchev–Trinajstić information content (AvgIpc) is 1.60. The Morgan fingerprint density at radius 3 is 2.30 bits per heavy atom. The van der Waals surface area contributed by atoms with Crippen LogP contribution in [0.1, 0.15) is 0 Å². The van der Waals surface area contributed by atoms with Crippen molar-refractivity contribution in [1.82, 2.24) is 4.72 Å². The molecule has 0 aliphatic heterocycles. The first-order valence-corrected chi connectivity index (χ1v) is 4.21. The van der Waals surface area contributed by atoms with E-state index in [0.29, 0.717) is 0 Å². The number of hydrogen-bond acceptors (Lipinski definition) is 4. The summed E-state index contributed by atoms with van der Waals surface area (Å²) in [5.74, 6) is -0.634. The van der Waals surface area contributed by atoms with E-state index in [9.17, 15) is 8.42 Å². The zero-order valence-corrected chi connectivity index (χ0v) is 6.14. The maximum atomic E-state index is 10.3. The number of nitrogens with two attached hydrogens (primary N) is 1. The van der Waals surface area contributed by atoms with Crippen molar-refractivity contribution in [3.05, 3.63) is 0 Å². The number of nitrogens with one attached hydrogen (secondary N) is 2. The first kappa shape index (κ1) is 9.34. The highest BCUT2D eigenvalue weighted by molar-refractivity contribution is 7.88. The van der Waals surface area contributed by atoms with Gasteiger partial charge in [0.15, 0.2) is 6.23 Å². The van der Waals surface area contributed by atoms with Crippen molar-refractivity contribution >= 4 is 15.9 Å². The largest absolute Gasteiger partial charge is 0.384 e. The first-order valence-electron chi connectivity index (χ1n) is 2.32. The average molecular weight is 167 g/mol. The van der Waals surface area contributed by atoms with Crippen LogP contribution in [0.4, 0.5) is 0 Å².